The van der Waals surface area contributed by atoms with Crippen LogP contribution in [0.15, 0.2) is 65.5 Å². The Morgan fingerprint density at radius 2 is 1.79 bits per heavy atom. The summed E-state index contributed by atoms with van der Waals surface area (Å²) in [5.41, 5.74) is 2.69. The minimum absolute atomic E-state index is 0.0165. The first-order valence-electron chi connectivity index (χ1n) is 17.5. The molecule has 52 heavy (non-hydrogen) atoms. The molecule has 1 fully saturated rings. The van der Waals surface area contributed by atoms with Crippen LogP contribution in [-0.2, 0) is 50.3 Å². The minimum atomic E-state index is -1.44. The number of anilines is 2. The van der Waals surface area contributed by atoms with Gasteiger partial charge in [-0.1, -0.05) is 30.3 Å². The van der Waals surface area contributed by atoms with Crippen molar-refractivity contribution in [1.82, 2.24) is 20.5 Å². The minimum Gasteiger partial charge on any atom is -0.444 e. The number of para-hydroxylation sites is 2. The van der Waals surface area contributed by atoms with Crippen molar-refractivity contribution in [2.45, 2.75) is 90.1 Å². The molecule has 6 rings (SSSR count). The van der Waals surface area contributed by atoms with Crippen LogP contribution in [0.3, 0.4) is 0 Å². The van der Waals surface area contributed by atoms with Gasteiger partial charge in [0.1, 0.15) is 23.2 Å². The van der Waals surface area contributed by atoms with Gasteiger partial charge >= 0.3 is 6.09 Å². The number of nitrogens with one attached hydrogen (secondary N) is 3. The topological polar surface area (TPSA) is 142 Å². The van der Waals surface area contributed by atoms with Crippen molar-refractivity contribution in [1.29, 1.82) is 0 Å². The molecule has 2 aromatic heterocycles. The molecule has 0 aliphatic carbocycles. The molecule has 3 N–H and O–H groups in total. The summed E-state index contributed by atoms with van der Waals surface area (Å²) in [6.07, 6.45) is 2.68. The smallest absolute Gasteiger partial charge is 0.408 e. The maximum atomic E-state index is 14.4. The summed E-state index contributed by atoms with van der Waals surface area (Å²) in [7, 11) is 1.91. The van der Waals surface area contributed by atoms with Gasteiger partial charge in [0.25, 0.3) is 0 Å². The molecule has 274 valence electrons. The predicted octanol–water partition coefficient (Wildman–Crippen LogP) is 4.97. The van der Waals surface area contributed by atoms with Crippen molar-refractivity contribution in [3.63, 3.8) is 0 Å². The lowest BCUT2D eigenvalue weighted by Gasteiger charge is -2.37. The van der Waals surface area contributed by atoms with Crippen LogP contribution in [0, 0.1) is 0 Å². The highest BCUT2D eigenvalue weighted by Crippen LogP contribution is 2.40. The monoisotopic (exact) mass is 726 g/mol. The van der Waals surface area contributed by atoms with E-state index < -0.39 is 41.1 Å². The number of nitrogens with zero attached hydrogens (tertiary/aromatic N) is 3. The summed E-state index contributed by atoms with van der Waals surface area (Å²) in [4.78, 5) is 71.5. The molecule has 0 spiro atoms. The van der Waals surface area contributed by atoms with Crippen molar-refractivity contribution < 1.29 is 28.7 Å². The van der Waals surface area contributed by atoms with E-state index in [0.29, 0.717) is 24.3 Å². The fourth-order valence-corrected chi connectivity index (χ4v) is 7.52. The number of thiophene rings is 1. The molecule has 1 saturated heterocycles. The highest BCUT2D eigenvalue weighted by atomic mass is 32.1. The number of alkyl carbamates (subject to hydrolysis) is 1. The van der Waals surface area contributed by atoms with E-state index >= 15 is 0 Å². The van der Waals surface area contributed by atoms with E-state index in [0.717, 1.165) is 34.0 Å². The molecule has 0 saturated carbocycles. The average molecular weight is 727 g/mol. The van der Waals surface area contributed by atoms with Gasteiger partial charge in [-0.3, -0.25) is 19.2 Å². The lowest BCUT2D eigenvalue weighted by Crippen LogP contribution is -2.61. The highest BCUT2D eigenvalue weighted by molar-refractivity contribution is 7.07. The number of fused-ring (bicyclic) bond motifs is 2. The molecule has 2 aliphatic rings. The quantitative estimate of drug-likeness (QED) is 0.211. The molecular formula is C39H46N6O6S. The molecule has 2 atom stereocenters. The molecular weight excluding hydrogens is 681 g/mol. The van der Waals surface area contributed by atoms with E-state index in [4.69, 9.17) is 4.74 Å². The van der Waals surface area contributed by atoms with Crippen LogP contribution in [0.2, 0.25) is 0 Å². The maximum Gasteiger partial charge on any atom is 0.408 e. The summed E-state index contributed by atoms with van der Waals surface area (Å²) in [6, 6.07) is 13.4. The molecule has 12 nitrogen and oxygen atoms in total. The average Bonchev–Trinajstić information content (AvgIpc) is 3.82. The van der Waals surface area contributed by atoms with Gasteiger partial charge in [0.2, 0.25) is 23.6 Å². The highest BCUT2D eigenvalue weighted by Gasteiger charge is 2.40. The largest absolute Gasteiger partial charge is 0.444 e. The molecule has 0 radical (unpaired) electrons. The molecule has 1 unspecified atom stereocenters. The van der Waals surface area contributed by atoms with Crippen LogP contribution >= 0.6 is 11.3 Å². The Morgan fingerprint density at radius 3 is 2.48 bits per heavy atom. The SMILES string of the molecule is Cn1cc(C[C@@H](NC(=O)C(C)(C)NC(=O)OC(C)(C)C)C(=O)NC2Cc3cccc(N4CCCC4=O)c3N(Cc3ccsc3)C2=O)c2ccccc21. The Hall–Kier alpha value is -5.17. The Balaban J connectivity index is 1.30. The zero-order chi connectivity index (χ0) is 37.4. The number of aryl methyl sites for hydroxylation is 1. The van der Waals surface area contributed by atoms with Crippen molar-refractivity contribution >= 4 is 63.3 Å². The third kappa shape index (κ3) is 7.84. The number of carbonyl (C=O) groups is 5. The molecule has 5 amide bonds. The van der Waals surface area contributed by atoms with E-state index in [9.17, 15) is 24.0 Å². The number of amides is 5. The van der Waals surface area contributed by atoms with Gasteiger partial charge < -0.3 is 35.1 Å². The Labute approximate surface area is 307 Å². The van der Waals surface area contributed by atoms with Crippen LogP contribution < -0.4 is 25.8 Å². The first kappa shape index (κ1) is 36.6. The zero-order valence-corrected chi connectivity index (χ0v) is 31.3. The lowest BCUT2D eigenvalue weighted by molar-refractivity contribution is -0.133. The molecule has 2 aromatic carbocycles. The number of carbonyl (C=O) groups excluding carboxylic acids is 5. The van der Waals surface area contributed by atoms with Crippen LogP contribution in [-0.4, -0.2) is 64.1 Å². The summed E-state index contributed by atoms with van der Waals surface area (Å²) >= 11 is 1.52. The Morgan fingerprint density at radius 1 is 1.02 bits per heavy atom. The van der Waals surface area contributed by atoms with Gasteiger partial charge in [-0.15, -0.1) is 0 Å². The van der Waals surface area contributed by atoms with Crippen molar-refractivity contribution in [3.8, 4) is 0 Å². The van der Waals surface area contributed by atoms with Crippen LogP contribution in [0.5, 0.6) is 0 Å². The van der Waals surface area contributed by atoms with Crippen LogP contribution in [0.25, 0.3) is 10.9 Å². The first-order valence-corrected chi connectivity index (χ1v) is 18.5. The van der Waals surface area contributed by atoms with Crippen molar-refractivity contribution in [3.05, 3.63) is 82.2 Å². The van der Waals surface area contributed by atoms with Crippen molar-refractivity contribution in [2.75, 3.05) is 16.3 Å². The molecule has 13 heteroatoms. The van der Waals surface area contributed by atoms with E-state index in [-0.39, 0.29) is 31.2 Å². The number of hydrogen-bond donors (Lipinski definition) is 3. The van der Waals surface area contributed by atoms with Gasteiger partial charge in [-0.05, 0) is 86.7 Å². The molecule has 0 bridgehead atoms. The van der Waals surface area contributed by atoms with Gasteiger partial charge in [0, 0.05) is 50.0 Å². The van der Waals surface area contributed by atoms with E-state index in [1.165, 1.54) is 25.2 Å². The second kappa shape index (κ2) is 14.5. The number of ether oxygens (including phenoxy) is 1. The first-order chi connectivity index (χ1) is 24.6. The predicted molar refractivity (Wildman–Crippen MR) is 201 cm³/mol. The molecule has 4 heterocycles. The summed E-state index contributed by atoms with van der Waals surface area (Å²) in [5, 5.41) is 13.3. The summed E-state index contributed by atoms with van der Waals surface area (Å²) in [6.45, 7) is 9.08. The molecule has 2 aliphatic heterocycles. The van der Waals surface area contributed by atoms with E-state index in [2.05, 4.69) is 16.0 Å². The second-order valence-electron chi connectivity index (χ2n) is 15.0. The summed E-state index contributed by atoms with van der Waals surface area (Å²) in [5.74, 6) is -1.44. The van der Waals surface area contributed by atoms with Crippen molar-refractivity contribution in [2.24, 2.45) is 7.05 Å². The lowest BCUT2D eigenvalue weighted by atomic mass is 9.94. The Bertz CT molecular complexity index is 2010. The molecule has 4 aromatic rings. The van der Waals surface area contributed by atoms with Gasteiger partial charge in [-0.2, -0.15) is 11.3 Å². The number of hydrogen-bond acceptors (Lipinski definition) is 7. The second-order valence-corrected chi connectivity index (χ2v) is 15.8. The normalized spacial score (nSPS) is 16.8. The summed E-state index contributed by atoms with van der Waals surface area (Å²) < 4.78 is 7.34. The number of aromatic nitrogens is 1. The fourth-order valence-electron chi connectivity index (χ4n) is 6.86. The van der Waals surface area contributed by atoms with Crippen LogP contribution in [0.1, 0.15) is 64.2 Å². The van der Waals surface area contributed by atoms with Gasteiger partial charge in [0.15, 0.2) is 0 Å². The van der Waals surface area contributed by atoms with Crippen LogP contribution in [0.4, 0.5) is 16.2 Å². The van der Waals surface area contributed by atoms with E-state index in [1.54, 1.807) is 30.6 Å². The standard InChI is InChI=1S/C39H46N6O6S/c1-38(2,3)51-37(50)42-39(4,5)36(49)41-28(20-26-22-43(6)30-13-8-7-12-27(26)30)34(47)40-29-19-25-11-9-14-31(44-17-10-15-32(44)46)33(25)45(35(29)48)21-24-16-18-52-23-24/h7-9,11-14,16,18,22-23,28-29H,10,15,17,19-21H2,1-6H3,(H,40,47)(H,41,49)(H,42,50)/t28-,29?/m1/s1. The third-order valence-corrected chi connectivity index (χ3v) is 10.1. The van der Waals surface area contributed by atoms with E-state index in [1.807, 2.05) is 77.1 Å². The fraction of sp³-hybridized carbons (Fsp3) is 0.410. The number of benzene rings is 2. The Kier molecular flexibility index (Phi) is 10.2. The van der Waals surface area contributed by atoms with Gasteiger partial charge in [-0.25, -0.2) is 4.79 Å². The third-order valence-electron chi connectivity index (χ3n) is 9.36. The van der Waals surface area contributed by atoms with Gasteiger partial charge in [0.05, 0.1) is 17.9 Å². The zero-order valence-electron chi connectivity index (χ0n) is 30.4. The maximum absolute atomic E-state index is 14.4. The number of rotatable bonds is 10.